The zero-order valence-corrected chi connectivity index (χ0v) is 16.1. The first kappa shape index (κ1) is 19.9. The van der Waals surface area contributed by atoms with E-state index in [1.807, 2.05) is 12.1 Å². The van der Waals surface area contributed by atoms with Gasteiger partial charge in [-0.2, -0.15) is 0 Å². The first-order valence-corrected chi connectivity index (χ1v) is 10.3. The number of hydrogen-bond donors (Lipinski definition) is 1. The number of aromatic nitrogens is 1. The molecule has 0 aliphatic rings. The zero-order chi connectivity index (χ0) is 17.9. The highest BCUT2D eigenvalue weighted by Crippen LogP contribution is 2.27. The molecule has 0 radical (unpaired) electrons. The van der Waals surface area contributed by atoms with Crippen molar-refractivity contribution in [3.63, 3.8) is 0 Å². The second-order valence-corrected chi connectivity index (χ2v) is 7.25. The Hall–Kier alpha value is -1.41. The SMILES string of the molecule is CCCCCCCCc1nc2ccccc2cc1C(O)CCCCC. The molecule has 2 nitrogen and oxygen atoms in total. The zero-order valence-electron chi connectivity index (χ0n) is 16.1. The molecule has 2 aromatic rings. The van der Waals surface area contributed by atoms with E-state index in [4.69, 9.17) is 4.98 Å². The molecule has 1 atom stereocenters. The standard InChI is InChI=1S/C23H35NO/c1-3-5-7-8-9-11-16-22-20(23(25)17-10-6-4-2)18-19-14-12-13-15-21(19)24-22/h12-15,18,23,25H,3-11,16-17H2,1-2H3. The number of aryl methyl sites for hydroxylation is 1. The number of para-hydroxylation sites is 1. The van der Waals surface area contributed by atoms with Crippen molar-refractivity contribution >= 4 is 10.9 Å². The third kappa shape index (κ3) is 6.43. The number of aliphatic hydroxyl groups is 1. The topological polar surface area (TPSA) is 33.1 Å². The summed E-state index contributed by atoms with van der Waals surface area (Å²) in [6.07, 6.45) is 12.6. The molecule has 0 spiro atoms. The number of nitrogens with zero attached hydrogens (tertiary/aromatic N) is 1. The molecule has 2 heteroatoms. The molecule has 0 amide bonds. The van der Waals surface area contributed by atoms with Crippen molar-refractivity contribution in [2.24, 2.45) is 0 Å². The van der Waals surface area contributed by atoms with Gasteiger partial charge in [0.15, 0.2) is 0 Å². The van der Waals surface area contributed by atoms with Crippen LogP contribution in [-0.2, 0) is 6.42 Å². The van der Waals surface area contributed by atoms with Gasteiger partial charge in [-0.15, -0.1) is 0 Å². The molecule has 0 fully saturated rings. The molecule has 138 valence electrons. The number of rotatable bonds is 12. The summed E-state index contributed by atoms with van der Waals surface area (Å²) in [5.41, 5.74) is 3.22. The first-order chi connectivity index (χ1) is 12.3. The minimum Gasteiger partial charge on any atom is -0.388 e. The lowest BCUT2D eigenvalue weighted by atomic mass is 9.97. The summed E-state index contributed by atoms with van der Waals surface area (Å²) in [5.74, 6) is 0. The van der Waals surface area contributed by atoms with E-state index in [0.29, 0.717) is 0 Å². The Morgan fingerprint density at radius 1 is 0.880 bits per heavy atom. The minimum absolute atomic E-state index is 0.376. The fraction of sp³-hybridized carbons (Fsp3) is 0.609. The van der Waals surface area contributed by atoms with E-state index in [0.717, 1.165) is 41.4 Å². The fourth-order valence-electron chi connectivity index (χ4n) is 3.48. The molecule has 2 rings (SSSR count). The van der Waals surface area contributed by atoms with Gasteiger partial charge in [0.2, 0.25) is 0 Å². The predicted molar refractivity (Wildman–Crippen MR) is 108 cm³/mol. The smallest absolute Gasteiger partial charge is 0.0807 e. The largest absolute Gasteiger partial charge is 0.388 e. The van der Waals surface area contributed by atoms with Crippen molar-refractivity contribution in [3.05, 3.63) is 41.6 Å². The van der Waals surface area contributed by atoms with Crippen LogP contribution in [0.4, 0.5) is 0 Å². The lowest BCUT2D eigenvalue weighted by Gasteiger charge is -2.16. The summed E-state index contributed by atoms with van der Waals surface area (Å²) in [7, 11) is 0. The highest BCUT2D eigenvalue weighted by atomic mass is 16.3. The molecular formula is C23H35NO. The van der Waals surface area contributed by atoms with Crippen molar-refractivity contribution in [1.82, 2.24) is 4.98 Å². The third-order valence-corrected chi connectivity index (χ3v) is 5.04. The van der Waals surface area contributed by atoms with Gasteiger partial charge in [-0.25, -0.2) is 0 Å². The van der Waals surface area contributed by atoms with Gasteiger partial charge in [-0.1, -0.05) is 83.4 Å². The molecule has 1 aromatic heterocycles. The predicted octanol–water partition coefficient (Wildman–Crippen LogP) is 6.75. The Kier molecular flexibility index (Phi) is 8.96. The summed E-state index contributed by atoms with van der Waals surface area (Å²) in [6.45, 7) is 4.46. The van der Waals surface area contributed by atoms with Gasteiger partial charge in [0.25, 0.3) is 0 Å². The van der Waals surface area contributed by atoms with Crippen molar-refractivity contribution in [1.29, 1.82) is 0 Å². The third-order valence-electron chi connectivity index (χ3n) is 5.04. The maximum absolute atomic E-state index is 10.7. The number of aliphatic hydroxyl groups excluding tert-OH is 1. The molecule has 1 unspecified atom stereocenters. The molecule has 0 saturated carbocycles. The van der Waals surface area contributed by atoms with Crippen LogP contribution in [0.25, 0.3) is 10.9 Å². The van der Waals surface area contributed by atoms with Crippen LogP contribution in [0.15, 0.2) is 30.3 Å². The van der Waals surface area contributed by atoms with E-state index in [2.05, 4.69) is 32.0 Å². The van der Waals surface area contributed by atoms with Gasteiger partial charge in [0.1, 0.15) is 0 Å². The fourth-order valence-corrected chi connectivity index (χ4v) is 3.48. The summed E-state index contributed by atoms with van der Waals surface area (Å²) in [6, 6.07) is 10.4. The van der Waals surface area contributed by atoms with Crippen molar-refractivity contribution in [2.45, 2.75) is 90.6 Å². The number of hydrogen-bond acceptors (Lipinski definition) is 2. The lowest BCUT2D eigenvalue weighted by Crippen LogP contribution is -2.05. The Morgan fingerprint density at radius 3 is 2.36 bits per heavy atom. The number of unbranched alkanes of at least 4 members (excludes halogenated alkanes) is 7. The van der Waals surface area contributed by atoms with Crippen LogP contribution in [0, 0.1) is 0 Å². The van der Waals surface area contributed by atoms with Gasteiger partial charge >= 0.3 is 0 Å². The van der Waals surface area contributed by atoms with Gasteiger partial charge < -0.3 is 5.11 Å². The monoisotopic (exact) mass is 341 g/mol. The van der Waals surface area contributed by atoms with Crippen LogP contribution >= 0.6 is 0 Å². The van der Waals surface area contributed by atoms with Gasteiger partial charge in [0.05, 0.1) is 11.6 Å². The van der Waals surface area contributed by atoms with Crippen LogP contribution < -0.4 is 0 Å². The maximum atomic E-state index is 10.7. The van der Waals surface area contributed by atoms with Gasteiger partial charge in [-0.05, 0) is 31.4 Å². The highest BCUT2D eigenvalue weighted by Gasteiger charge is 2.14. The van der Waals surface area contributed by atoms with E-state index in [1.54, 1.807) is 0 Å². The lowest BCUT2D eigenvalue weighted by molar-refractivity contribution is 0.162. The second-order valence-electron chi connectivity index (χ2n) is 7.25. The Labute approximate surface area is 153 Å². The molecule has 0 saturated heterocycles. The highest BCUT2D eigenvalue weighted by molar-refractivity contribution is 5.79. The normalized spacial score (nSPS) is 12.6. The van der Waals surface area contributed by atoms with Crippen LogP contribution in [0.5, 0.6) is 0 Å². The summed E-state index contributed by atoms with van der Waals surface area (Å²) >= 11 is 0. The first-order valence-electron chi connectivity index (χ1n) is 10.3. The van der Waals surface area contributed by atoms with Crippen LogP contribution in [0.2, 0.25) is 0 Å². The number of pyridine rings is 1. The summed E-state index contributed by atoms with van der Waals surface area (Å²) < 4.78 is 0. The van der Waals surface area contributed by atoms with Crippen molar-refractivity contribution < 1.29 is 5.11 Å². The average molecular weight is 342 g/mol. The Bertz CT molecular complexity index is 623. The summed E-state index contributed by atoms with van der Waals surface area (Å²) in [5, 5.41) is 11.9. The van der Waals surface area contributed by atoms with Crippen molar-refractivity contribution in [3.8, 4) is 0 Å². The number of fused-ring (bicyclic) bond motifs is 1. The molecular weight excluding hydrogens is 306 g/mol. The Morgan fingerprint density at radius 2 is 1.56 bits per heavy atom. The number of benzene rings is 1. The molecule has 0 bridgehead atoms. The molecule has 1 heterocycles. The van der Waals surface area contributed by atoms with E-state index in [1.165, 1.54) is 51.4 Å². The molecule has 25 heavy (non-hydrogen) atoms. The minimum atomic E-state index is -0.376. The van der Waals surface area contributed by atoms with Gasteiger partial charge in [-0.3, -0.25) is 4.98 Å². The van der Waals surface area contributed by atoms with Crippen LogP contribution in [-0.4, -0.2) is 10.1 Å². The van der Waals surface area contributed by atoms with E-state index in [9.17, 15) is 5.11 Å². The molecule has 0 aliphatic carbocycles. The van der Waals surface area contributed by atoms with Crippen LogP contribution in [0.1, 0.15) is 95.4 Å². The quantitative estimate of drug-likeness (QED) is 0.433. The molecule has 1 aromatic carbocycles. The molecule has 0 aliphatic heterocycles. The van der Waals surface area contributed by atoms with Crippen molar-refractivity contribution in [2.75, 3.05) is 0 Å². The van der Waals surface area contributed by atoms with Gasteiger partial charge in [0, 0.05) is 16.6 Å². The summed E-state index contributed by atoms with van der Waals surface area (Å²) in [4.78, 5) is 4.90. The van der Waals surface area contributed by atoms with E-state index >= 15 is 0 Å². The maximum Gasteiger partial charge on any atom is 0.0807 e. The second kappa shape index (κ2) is 11.3. The van der Waals surface area contributed by atoms with Crippen LogP contribution in [0.3, 0.4) is 0 Å². The van der Waals surface area contributed by atoms with E-state index < -0.39 is 0 Å². The molecule has 1 N–H and O–H groups in total. The average Bonchev–Trinajstić information content (AvgIpc) is 2.64. The Balaban J connectivity index is 2.07. The van der Waals surface area contributed by atoms with E-state index in [-0.39, 0.29) is 6.10 Å².